The minimum atomic E-state index is -2.03. The molecule has 0 aliphatic rings. The average Bonchev–Trinajstić information content (AvgIpc) is 1.53. The first kappa shape index (κ1) is 10.3. The minimum Gasteiger partial charge on any atom is -0.517 e. The van der Waals surface area contributed by atoms with Gasteiger partial charge in [0.25, 0.3) is 0 Å². The van der Waals surface area contributed by atoms with E-state index in [0.29, 0.717) is 11.5 Å². The van der Waals surface area contributed by atoms with E-state index in [4.69, 9.17) is 8.85 Å². The summed E-state index contributed by atoms with van der Waals surface area (Å²) in [5.41, 5.74) is 0. The second-order valence-electron chi connectivity index (χ2n) is 3.01. The largest absolute Gasteiger partial charge is 0.517 e. The Labute approximate surface area is 69.8 Å². The summed E-state index contributed by atoms with van der Waals surface area (Å²) in [6, 6.07) is 0. The van der Waals surface area contributed by atoms with Crippen molar-refractivity contribution in [2.24, 2.45) is 0 Å². The third-order valence-corrected chi connectivity index (χ3v) is 2.52. The highest BCUT2D eigenvalue weighted by Gasteiger charge is 2.27. The topological polar surface area (TPSA) is 18.5 Å². The quantitative estimate of drug-likeness (QED) is 0.479. The molecule has 0 N–H and O–H groups in total. The van der Waals surface area contributed by atoms with Crippen LogP contribution in [0.3, 0.4) is 0 Å². The molecule has 0 saturated carbocycles. The standard InChI is InChI=1S/C8H16O2Si/c1-7(2)9-11(5,6)10-8(3)4/h1,3H2,2,4-6H3. The van der Waals surface area contributed by atoms with Gasteiger partial charge >= 0.3 is 8.56 Å². The van der Waals surface area contributed by atoms with Crippen molar-refractivity contribution < 1.29 is 8.85 Å². The lowest BCUT2D eigenvalue weighted by atomic mass is 10.7. The van der Waals surface area contributed by atoms with Crippen molar-refractivity contribution in [2.75, 3.05) is 0 Å². The van der Waals surface area contributed by atoms with Gasteiger partial charge in [0.2, 0.25) is 0 Å². The molecule has 0 spiro atoms. The van der Waals surface area contributed by atoms with Crippen molar-refractivity contribution in [2.45, 2.75) is 26.9 Å². The minimum absolute atomic E-state index is 0.697. The zero-order chi connectivity index (χ0) is 9.07. The van der Waals surface area contributed by atoms with Crippen LogP contribution in [-0.4, -0.2) is 8.56 Å². The van der Waals surface area contributed by atoms with E-state index in [9.17, 15) is 0 Å². The molecule has 0 atom stereocenters. The lowest BCUT2D eigenvalue weighted by Gasteiger charge is -2.24. The van der Waals surface area contributed by atoms with E-state index >= 15 is 0 Å². The Morgan fingerprint density at radius 3 is 1.45 bits per heavy atom. The highest BCUT2D eigenvalue weighted by Crippen LogP contribution is 2.13. The summed E-state index contributed by atoms with van der Waals surface area (Å²) in [6.07, 6.45) is 0. The number of allylic oxidation sites excluding steroid dienone is 2. The highest BCUT2D eigenvalue weighted by atomic mass is 28.4. The van der Waals surface area contributed by atoms with E-state index in [0.717, 1.165) is 0 Å². The summed E-state index contributed by atoms with van der Waals surface area (Å²) in [6.45, 7) is 14.8. The number of rotatable bonds is 4. The van der Waals surface area contributed by atoms with Crippen LogP contribution in [0.4, 0.5) is 0 Å². The number of hydrogen-bond acceptors (Lipinski definition) is 2. The maximum Gasteiger partial charge on any atom is 0.453 e. The molecule has 0 fully saturated rings. The van der Waals surface area contributed by atoms with Crippen LogP contribution < -0.4 is 0 Å². The van der Waals surface area contributed by atoms with Crippen molar-refractivity contribution in [3.63, 3.8) is 0 Å². The maximum atomic E-state index is 5.41. The lowest BCUT2D eigenvalue weighted by Crippen LogP contribution is -2.33. The molecule has 0 aromatic heterocycles. The van der Waals surface area contributed by atoms with E-state index in [1.54, 1.807) is 0 Å². The third-order valence-electron chi connectivity index (χ3n) is 0.840. The fraction of sp³-hybridized carbons (Fsp3) is 0.500. The van der Waals surface area contributed by atoms with Crippen molar-refractivity contribution in [1.82, 2.24) is 0 Å². The zero-order valence-electron chi connectivity index (χ0n) is 7.73. The molecule has 0 aromatic carbocycles. The van der Waals surface area contributed by atoms with Gasteiger partial charge in [-0.15, -0.1) is 0 Å². The smallest absolute Gasteiger partial charge is 0.453 e. The van der Waals surface area contributed by atoms with Crippen LogP contribution in [0.1, 0.15) is 13.8 Å². The summed E-state index contributed by atoms with van der Waals surface area (Å²) in [7, 11) is -2.03. The van der Waals surface area contributed by atoms with Crippen LogP contribution in [0.15, 0.2) is 24.7 Å². The molecule has 0 rings (SSSR count). The van der Waals surface area contributed by atoms with Gasteiger partial charge in [-0.1, -0.05) is 13.2 Å². The first-order valence-corrected chi connectivity index (χ1v) is 6.34. The SMILES string of the molecule is C=C(C)O[Si](C)(C)OC(=C)C. The predicted molar refractivity (Wildman–Crippen MR) is 49.3 cm³/mol. The summed E-state index contributed by atoms with van der Waals surface area (Å²) < 4.78 is 10.8. The van der Waals surface area contributed by atoms with Crippen molar-refractivity contribution >= 4 is 8.56 Å². The molecule has 0 aliphatic carbocycles. The normalized spacial score (nSPS) is 10.5. The average molecular weight is 172 g/mol. The Balaban J connectivity index is 3.99. The molecule has 0 unspecified atom stereocenters. The van der Waals surface area contributed by atoms with Gasteiger partial charge in [-0.2, -0.15) is 0 Å². The van der Waals surface area contributed by atoms with Crippen molar-refractivity contribution in [3.05, 3.63) is 24.7 Å². The first-order chi connectivity index (χ1) is 4.83. The van der Waals surface area contributed by atoms with Crippen molar-refractivity contribution in [3.8, 4) is 0 Å². The van der Waals surface area contributed by atoms with Crippen LogP contribution in [0.25, 0.3) is 0 Å². The fourth-order valence-electron chi connectivity index (χ4n) is 0.860. The summed E-state index contributed by atoms with van der Waals surface area (Å²) >= 11 is 0. The van der Waals surface area contributed by atoms with Gasteiger partial charge in [0.05, 0.1) is 11.5 Å². The molecule has 0 amide bonds. The van der Waals surface area contributed by atoms with Crippen molar-refractivity contribution in [1.29, 1.82) is 0 Å². The van der Waals surface area contributed by atoms with Gasteiger partial charge in [-0.3, -0.25) is 0 Å². The molecule has 0 bridgehead atoms. The number of hydrogen-bond donors (Lipinski definition) is 0. The van der Waals surface area contributed by atoms with E-state index in [2.05, 4.69) is 13.2 Å². The molecule has 0 radical (unpaired) electrons. The van der Waals surface area contributed by atoms with Gasteiger partial charge in [-0.05, 0) is 13.8 Å². The molecular formula is C8H16O2Si. The Bertz CT molecular complexity index is 155. The Hall–Kier alpha value is -0.703. The molecule has 0 saturated heterocycles. The van der Waals surface area contributed by atoms with E-state index in [1.165, 1.54) is 0 Å². The molecule has 0 aromatic rings. The molecule has 0 aliphatic heterocycles. The first-order valence-electron chi connectivity index (χ1n) is 3.52. The molecule has 11 heavy (non-hydrogen) atoms. The summed E-state index contributed by atoms with van der Waals surface area (Å²) in [4.78, 5) is 0. The van der Waals surface area contributed by atoms with E-state index < -0.39 is 8.56 Å². The third kappa shape index (κ3) is 5.73. The molecular weight excluding hydrogens is 156 g/mol. The Morgan fingerprint density at radius 1 is 1.00 bits per heavy atom. The Morgan fingerprint density at radius 2 is 1.27 bits per heavy atom. The zero-order valence-corrected chi connectivity index (χ0v) is 8.73. The maximum absolute atomic E-state index is 5.41. The monoisotopic (exact) mass is 172 g/mol. The molecule has 3 heteroatoms. The van der Waals surface area contributed by atoms with Crippen LogP contribution >= 0.6 is 0 Å². The van der Waals surface area contributed by atoms with E-state index in [-0.39, 0.29) is 0 Å². The van der Waals surface area contributed by atoms with Crippen LogP contribution in [-0.2, 0) is 8.85 Å². The Kier molecular flexibility index (Phi) is 3.39. The van der Waals surface area contributed by atoms with Crippen LogP contribution in [0.5, 0.6) is 0 Å². The van der Waals surface area contributed by atoms with E-state index in [1.807, 2.05) is 26.9 Å². The van der Waals surface area contributed by atoms with Crippen LogP contribution in [0, 0.1) is 0 Å². The summed E-state index contributed by atoms with van der Waals surface area (Å²) in [5, 5.41) is 0. The predicted octanol–water partition coefficient (Wildman–Crippen LogP) is 2.79. The second kappa shape index (κ2) is 3.62. The van der Waals surface area contributed by atoms with Crippen LogP contribution in [0.2, 0.25) is 13.1 Å². The van der Waals surface area contributed by atoms with Gasteiger partial charge < -0.3 is 8.85 Å². The molecule has 0 heterocycles. The van der Waals surface area contributed by atoms with Gasteiger partial charge in [-0.25, -0.2) is 0 Å². The fourth-order valence-corrected chi connectivity index (χ4v) is 2.58. The summed E-state index contributed by atoms with van der Waals surface area (Å²) in [5.74, 6) is 1.39. The highest BCUT2D eigenvalue weighted by molar-refractivity contribution is 6.65. The molecule has 64 valence electrons. The molecule has 2 nitrogen and oxygen atoms in total. The lowest BCUT2D eigenvalue weighted by molar-refractivity contribution is 0.277. The van der Waals surface area contributed by atoms with Gasteiger partial charge in [0.15, 0.2) is 0 Å². The second-order valence-corrected chi connectivity index (χ2v) is 6.22. The van der Waals surface area contributed by atoms with Gasteiger partial charge in [0.1, 0.15) is 0 Å². The van der Waals surface area contributed by atoms with Gasteiger partial charge in [0, 0.05) is 13.1 Å².